The van der Waals surface area contributed by atoms with Gasteiger partial charge in [0.15, 0.2) is 0 Å². The molecule has 122 valence electrons. The third-order valence-electron chi connectivity index (χ3n) is 5.24. The maximum atomic E-state index is 12.3. The molecule has 1 N–H and O–H groups in total. The van der Waals surface area contributed by atoms with E-state index in [0.29, 0.717) is 6.04 Å². The summed E-state index contributed by atoms with van der Waals surface area (Å²) in [6, 6.07) is 0.396. The second-order valence-corrected chi connectivity index (χ2v) is 7.12. The van der Waals surface area contributed by atoms with E-state index in [-0.39, 0.29) is 11.9 Å². The van der Waals surface area contributed by atoms with Crippen molar-refractivity contribution in [1.82, 2.24) is 15.1 Å². The van der Waals surface area contributed by atoms with E-state index in [0.717, 1.165) is 38.3 Å². The number of carbonyl (C=O) groups excluding carboxylic acids is 1. The highest BCUT2D eigenvalue weighted by Crippen LogP contribution is 2.26. The number of nitrogens with zero attached hydrogens (tertiary/aromatic N) is 2. The highest BCUT2D eigenvalue weighted by atomic mass is 16.2. The predicted molar refractivity (Wildman–Crippen MR) is 87.3 cm³/mol. The largest absolute Gasteiger partial charge is 0.352 e. The van der Waals surface area contributed by atoms with Gasteiger partial charge in [-0.05, 0) is 52.1 Å². The van der Waals surface area contributed by atoms with E-state index >= 15 is 0 Å². The first-order valence-electron chi connectivity index (χ1n) is 8.79. The molecule has 0 aromatic rings. The Hall–Kier alpha value is -0.610. The molecule has 1 amide bonds. The third-order valence-corrected chi connectivity index (χ3v) is 5.24. The van der Waals surface area contributed by atoms with Crippen LogP contribution in [0.4, 0.5) is 0 Å². The van der Waals surface area contributed by atoms with E-state index in [9.17, 15) is 4.79 Å². The summed E-state index contributed by atoms with van der Waals surface area (Å²) in [5.41, 5.74) is 0. The molecule has 0 radical (unpaired) electrons. The molecular weight excluding hydrogens is 262 g/mol. The number of likely N-dealkylation sites (N-methyl/N-ethyl adjacent to an activating group) is 1. The molecule has 2 fully saturated rings. The second-order valence-electron chi connectivity index (χ2n) is 7.12. The first kappa shape index (κ1) is 16.8. The van der Waals surface area contributed by atoms with Crippen LogP contribution in [-0.2, 0) is 4.79 Å². The van der Waals surface area contributed by atoms with E-state index in [4.69, 9.17) is 0 Å². The van der Waals surface area contributed by atoms with Gasteiger partial charge in [-0.25, -0.2) is 0 Å². The summed E-state index contributed by atoms with van der Waals surface area (Å²) in [4.78, 5) is 16.9. The minimum atomic E-state index is 0.0153. The van der Waals surface area contributed by atoms with Gasteiger partial charge < -0.3 is 10.2 Å². The van der Waals surface area contributed by atoms with Gasteiger partial charge in [0, 0.05) is 25.7 Å². The van der Waals surface area contributed by atoms with Crippen LogP contribution in [0.5, 0.6) is 0 Å². The van der Waals surface area contributed by atoms with Crippen molar-refractivity contribution in [2.24, 2.45) is 5.92 Å². The Bertz CT molecular complexity index is 318. The molecule has 4 nitrogen and oxygen atoms in total. The summed E-state index contributed by atoms with van der Waals surface area (Å²) in [7, 11) is 3.97. The number of carbonyl (C=O) groups is 1. The van der Waals surface area contributed by atoms with E-state index < -0.39 is 0 Å². The fourth-order valence-corrected chi connectivity index (χ4v) is 3.90. The molecule has 4 heteroatoms. The van der Waals surface area contributed by atoms with Crippen LogP contribution in [0, 0.1) is 5.92 Å². The van der Waals surface area contributed by atoms with Crippen molar-refractivity contribution >= 4 is 5.91 Å². The molecule has 0 bridgehead atoms. The van der Waals surface area contributed by atoms with Crippen LogP contribution in [-0.4, -0.2) is 61.5 Å². The molecule has 0 aromatic carbocycles. The van der Waals surface area contributed by atoms with Crippen LogP contribution in [0.3, 0.4) is 0 Å². The Morgan fingerprint density at radius 1 is 1.19 bits per heavy atom. The summed E-state index contributed by atoms with van der Waals surface area (Å²) in [5.74, 6) is 1.14. The van der Waals surface area contributed by atoms with Crippen LogP contribution in [0.1, 0.15) is 51.9 Å². The third kappa shape index (κ3) is 4.96. The van der Waals surface area contributed by atoms with E-state index in [1.54, 1.807) is 0 Å². The van der Waals surface area contributed by atoms with Crippen molar-refractivity contribution in [3.63, 3.8) is 0 Å². The molecule has 1 heterocycles. The van der Waals surface area contributed by atoms with Gasteiger partial charge in [-0.3, -0.25) is 9.69 Å². The number of hydrogen-bond donors (Lipinski definition) is 1. The van der Waals surface area contributed by atoms with Gasteiger partial charge in [0.25, 0.3) is 0 Å². The molecule has 1 atom stereocenters. The standard InChI is InChI=1S/C17H33N3O/c1-4-16(19(2)3)17(21)18-15-9-11-20(12-10-15)13-14-7-5-6-8-14/h14-16H,4-13H2,1-3H3,(H,18,21)/t16-/m1/s1. The molecular formula is C17H33N3O. The van der Waals surface area contributed by atoms with Crippen molar-refractivity contribution in [3.8, 4) is 0 Å². The first-order valence-corrected chi connectivity index (χ1v) is 8.79. The average Bonchev–Trinajstić information content (AvgIpc) is 2.94. The second kappa shape index (κ2) is 8.14. The van der Waals surface area contributed by atoms with E-state index in [2.05, 4.69) is 17.1 Å². The van der Waals surface area contributed by atoms with Gasteiger partial charge in [-0.15, -0.1) is 0 Å². The maximum absolute atomic E-state index is 12.3. The minimum Gasteiger partial charge on any atom is -0.352 e. The summed E-state index contributed by atoms with van der Waals surface area (Å²) in [5, 5.41) is 3.26. The zero-order chi connectivity index (χ0) is 15.2. The molecule has 2 rings (SSSR count). The normalized spacial score (nSPS) is 23.6. The zero-order valence-corrected chi connectivity index (χ0v) is 14.1. The van der Waals surface area contributed by atoms with E-state index in [1.165, 1.54) is 32.2 Å². The lowest BCUT2D eigenvalue weighted by atomic mass is 10.0. The van der Waals surface area contributed by atoms with Gasteiger partial charge in [-0.2, -0.15) is 0 Å². The summed E-state index contributed by atoms with van der Waals surface area (Å²) >= 11 is 0. The van der Waals surface area contributed by atoms with Crippen LogP contribution in [0.25, 0.3) is 0 Å². The zero-order valence-electron chi connectivity index (χ0n) is 14.1. The molecule has 1 aliphatic carbocycles. The lowest BCUT2D eigenvalue weighted by molar-refractivity contribution is -0.126. The Labute approximate surface area is 130 Å². The van der Waals surface area contributed by atoms with Gasteiger partial charge in [0.05, 0.1) is 6.04 Å². The van der Waals surface area contributed by atoms with Crippen LogP contribution in [0.15, 0.2) is 0 Å². The fraction of sp³-hybridized carbons (Fsp3) is 0.941. The number of hydrogen-bond acceptors (Lipinski definition) is 3. The van der Waals surface area contributed by atoms with Crippen molar-refractivity contribution in [3.05, 3.63) is 0 Å². The Morgan fingerprint density at radius 3 is 2.33 bits per heavy atom. The molecule has 21 heavy (non-hydrogen) atoms. The first-order chi connectivity index (χ1) is 10.1. The Balaban J connectivity index is 1.69. The lowest BCUT2D eigenvalue weighted by Crippen LogP contribution is -2.50. The van der Waals surface area contributed by atoms with Crippen molar-refractivity contribution in [2.75, 3.05) is 33.7 Å². The summed E-state index contributed by atoms with van der Waals surface area (Å²) in [6.07, 6.45) is 8.82. The molecule has 0 aromatic heterocycles. The highest BCUT2D eigenvalue weighted by molar-refractivity contribution is 5.81. The summed E-state index contributed by atoms with van der Waals surface area (Å²) < 4.78 is 0. The minimum absolute atomic E-state index is 0.0153. The number of amides is 1. The van der Waals surface area contributed by atoms with E-state index in [1.807, 2.05) is 19.0 Å². The average molecular weight is 295 g/mol. The topological polar surface area (TPSA) is 35.6 Å². The van der Waals surface area contributed by atoms with Crippen molar-refractivity contribution < 1.29 is 4.79 Å². The van der Waals surface area contributed by atoms with Gasteiger partial charge in [0.2, 0.25) is 5.91 Å². The van der Waals surface area contributed by atoms with Gasteiger partial charge in [0.1, 0.15) is 0 Å². The molecule has 2 aliphatic rings. The van der Waals surface area contributed by atoms with Crippen LogP contribution >= 0.6 is 0 Å². The number of rotatable bonds is 6. The molecule has 1 aliphatic heterocycles. The van der Waals surface area contributed by atoms with Crippen LogP contribution < -0.4 is 5.32 Å². The molecule has 1 saturated heterocycles. The monoisotopic (exact) mass is 295 g/mol. The van der Waals surface area contributed by atoms with Crippen LogP contribution in [0.2, 0.25) is 0 Å². The summed E-state index contributed by atoms with van der Waals surface area (Å²) in [6.45, 7) is 5.67. The SMILES string of the molecule is CC[C@H](C(=O)NC1CCN(CC2CCCC2)CC1)N(C)C. The predicted octanol–water partition coefficient (Wildman–Crippen LogP) is 2.10. The number of piperidine rings is 1. The van der Waals surface area contributed by atoms with Crippen molar-refractivity contribution in [1.29, 1.82) is 0 Å². The Kier molecular flexibility index (Phi) is 6.49. The smallest absolute Gasteiger partial charge is 0.237 e. The van der Waals surface area contributed by atoms with Crippen molar-refractivity contribution in [2.45, 2.75) is 64.0 Å². The fourth-order valence-electron chi connectivity index (χ4n) is 3.90. The highest BCUT2D eigenvalue weighted by Gasteiger charge is 2.26. The van der Waals surface area contributed by atoms with Gasteiger partial charge in [-0.1, -0.05) is 19.8 Å². The maximum Gasteiger partial charge on any atom is 0.237 e. The Morgan fingerprint density at radius 2 is 1.81 bits per heavy atom. The lowest BCUT2D eigenvalue weighted by Gasteiger charge is -2.35. The van der Waals surface area contributed by atoms with Gasteiger partial charge >= 0.3 is 0 Å². The number of nitrogens with one attached hydrogen (secondary N) is 1. The molecule has 0 unspecified atom stereocenters. The number of likely N-dealkylation sites (tertiary alicyclic amines) is 1. The molecule has 1 saturated carbocycles. The molecule has 0 spiro atoms. The quantitative estimate of drug-likeness (QED) is 0.815.